The molecule has 0 spiro atoms. The van der Waals surface area contributed by atoms with E-state index >= 15 is 0 Å². The highest BCUT2D eigenvalue weighted by Crippen LogP contribution is 2.38. The van der Waals surface area contributed by atoms with Gasteiger partial charge in [0, 0.05) is 23.1 Å². The van der Waals surface area contributed by atoms with Crippen molar-refractivity contribution < 1.29 is 8.42 Å². The fourth-order valence-corrected chi connectivity index (χ4v) is 3.13. The Morgan fingerprint density at radius 2 is 1.90 bits per heavy atom. The lowest BCUT2D eigenvalue weighted by molar-refractivity contribution is 0.571. The molecule has 0 amide bonds. The largest absolute Gasteiger partial charge is 0.297 e. The molecule has 2 aromatic rings. The Kier molecular flexibility index (Phi) is 3.30. The van der Waals surface area contributed by atoms with Crippen molar-refractivity contribution in [1.82, 2.24) is 14.8 Å². The molecular weight excluding hydrogens is 298 g/mol. The highest BCUT2D eigenvalue weighted by Gasteiger charge is 2.33. The lowest BCUT2D eigenvalue weighted by atomic mass is 10.1. The molecule has 1 heterocycles. The van der Waals surface area contributed by atoms with Gasteiger partial charge in [-0.1, -0.05) is 29.8 Å². The van der Waals surface area contributed by atoms with E-state index in [0.717, 1.165) is 18.4 Å². The molecule has 0 bridgehead atoms. The van der Waals surface area contributed by atoms with Crippen LogP contribution in [0.3, 0.4) is 0 Å². The number of nitrogens with zero attached hydrogens (tertiary/aromatic N) is 3. The summed E-state index contributed by atoms with van der Waals surface area (Å²) in [5, 5.41) is 7.63. The monoisotopic (exact) mass is 311 g/mol. The van der Waals surface area contributed by atoms with E-state index in [1.807, 2.05) is 31.2 Å². The molecule has 1 aliphatic rings. The quantitative estimate of drug-likeness (QED) is 0.814. The minimum absolute atomic E-state index is 0.135. The molecule has 1 aromatic carbocycles. The first-order valence-corrected chi connectivity index (χ1v) is 8.70. The molecule has 0 aliphatic heterocycles. The summed E-state index contributed by atoms with van der Waals surface area (Å²) in [7, 11) is 1.57. The van der Waals surface area contributed by atoms with Crippen molar-refractivity contribution in [2.24, 2.45) is 0 Å². The van der Waals surface area contributed by atoms with Crippen molar-refractivity contribution in [2.75, 3.05) is 0 Å². The lowest BCUT2D eigenvalue weighted by Gasteiger charge is -2.07. The second kappa shape index (κ2) is 4.86. The first-order chi connectivity index (χ1) is 9.45. The van der Waals surface area contributed by atoms with Crippen molar-refractivity contribution in [3.05, 3.63) is 41.2 Å². The van der Waals surface area contributed by atoms with Gasteiger partial charge in [0.15, 0.2) is 0 Å². The van der Waals surface area contributed by atoms with Crippen LogP contribution in [0.15, 0.2) is 29.4 Å². The predicted molar refractivity (Wildman–Crippen MR) is 75.3 cm³/mol. The van der Waals surface area contributed by atoms with E-state index in [9.17, 15) is 8.42 Å². The van der Waals surface area contributed by atoms with Gasteiger partial charge < -0.3 is 0 Å². The van der Waals surface area contributed by atoms with Crippen LogP contribution in [0.5, 0.6) is 0 Å². The van der Waals surface area contributed by atoms with Gasteiger partial charge in [-0.25, -0.2) is 8.42 Å². The molecule has 0 unspecified atom stereocenters. The number of hydrogen-bond donors (Lipinski definition) is 0. The summed E-state index contributed by atoms with van der Waals surface area (Å²) in [6, 6.07) is 8.22. The minimum atomic E-state index is -3.86. The topological polar surface area (TPSA) is 64.8 Å². The number of aromatic nitrogens is 3. The van der Waals surface area contributed by atoms with Crippen LogP contribution in [0, 0.1) is 6.92 Å². The van der Waals surface area contributed by atoms with Crippen LogP contribution in [0.4, 0.5) is 0 Å². The highest BCUT2D eigenvalue weighted by atomic mass is 35.7. The fourth-order valence-electron chi connectivity index (χ4n) is 2.18. The van der Waals surface area contributed by atoms with E-state index in [2.05, 4.69) is 10.2 Å². The van der Waals surface area contributed by atoms with Gasteiger partial charge in [0.05, 0.1) is 0 Å². The van der Waals surface area contributed by atoms with Gasteiger partial charge in [-0.3, -0.25) is 4.57 Å². The summed E-state index contributed by atoms with van der Waals surface area (Å²) < 4.78 is 24.7. The van der Waals surface area contributed by atoms with Crippen LogP contribution in [0.25, 0.3) is 0 Å². The number of rotatable bonds is 4. The van der Waals surface area contributed by atoms with Crippen LogP contribution in [-0.2, 0) is 15.5 Å². The molecule has 106 valence electrons. The molecule has 1 fully saturated rings. The summed E-state index contributed by atoms with van der Waals surface area (Å²) in [4.78, 5) is 0. The average Bonchev–Trinajstić information content (AvgIpc) is 3.12. The van der Waals surface area contributed by atoms with Crippen LogP contribution in [0.2, 0.25) is 0 Å². The third-order valence-corrected chi connectivity index (χ3v) is 4.48. The van der Waals surface area contributed by atoms with E-state index in [1.165, 1.54) is 5.56 Å². The van der Waals surface area contributed by atoms with Gasteiger partial charge in [0.2, 0.25) is 0 Å². The van der Waals surface area contributed by atoms with Gasteiger partial charge in [-0.15, -0.1) is 10.2 Å². The van der Waals surface area contributed by atoms with Crippen molar-refractivity contribution in [1.29, 1.82) is 0 Å². The summed E-state index contributed by atoms with van der Waals surface area (Å²) in [6.45, 7) is 2.02. The maximum absolute atomic E-state index is 11.5. The zero-order valence-corrected chi connectivity index (χ0v) is 12.5. The SMILES string of the molecule is Cc1ccc(Cc2nnc(S(=O)(=O)Cl)n2C2CC2)cc1. The third-order valence-electron chi connectivity index (χ3n) is 3.35. The van der Waals surface area contributed by atoms with E-state index in [4.69, 9.17) is 10.7 Å². The third kappa shape index (κ3) is 2.71. The van der Waals surface area contributed by atoms with Crippen LogP contribution in [-0.4, -0.2) is 23.2 Å². The van der Waals surface area contributed by atoms with Gasteiger partial charge in [0.1, 0.15) is 5.82 Å². The Bertz CT molecular complexity index is 733. The zero-order chi connectivity index (χ0) is 14.3. The van der Waals surface area contributed by atoms with Gasteiger partial charge in [-0.2, -0.15) is 0 Å². The second-order valence-corrected chi connectivity index (χ2v) is 7.56. The van der Waals surface area contributed by atoms with E-state index in [-0.39, 0.29) is 11.2 Å². The second-order valence-electron chi connectivity index (χ2n) is 5.10. The summed E-state index contributed by atoms with van der Waals surface area (Å²) >= 11 is 0. The molecule has 0 atom stereocenters. The Morgan fingerprint density at radius 1 is 1.25 bits per heavy atom. The predicted octanol–water partition coefficient (Wildman–Crippen LogP) is 2.44. The highest BCUT2D eigenvalue weighted by molar-refractivity contribution is 8.13. The molecule has 1 aliphatic carbocycles. The normalized spacial score (nSPS) is 15.5. The number of aryl methyl sites for hydroxylation is 1. The molecule has 1 aromatic heterocycles. The maximum Gasteiger partial charge on any atom is 0.296 e. The smallest absolute Gasteiger partial charge is 0.296 e. The summed E-state index contributed by atoms with van der Waals surface area (Å²) in [5.74, 6) is 0.649. The molecule has 3 rings (SSSR count). The number of halogens is 1. The van der Waals surface area contributed by atoms with E-state index in [0.29, 0.717) is 12.2 Å². The van der Waals surface area contributed by atoms with Gasteiger partial charge >= 0.3 is 0 Å². The first kappa shape index (κ1) is 13.6. The lowest BCUT2D eigenvalue weighted by Crippen LogP contribution is -2.08. The number of hydrogen-bond acceptors (Lipinski definition) is 4. The molecule has 20 heavy (non-hydrogen) atoms. The van der Waals surface area contributed by atoms with E-state index < -0.39 is 9.05 Å². The molecule has 7 heteroatoms. The van der Waals surface area contributed by atoms with Crippen molar-refractivity contribution in [2.45, 2.75) is 37.4 Å². The molecule has 0 saturated heterocycles. The fraction of sp³-hybridized carbons (Fsp3) is 0.385. The maximum atomic E-state index is 11.5. The van der Waals surface area contributed by atoms with Gasteiger partial charge in [0.25, 0.3) is 14.2 Å². The Labute approximate surface area is 122 Å². The average molecular weight is 312 g/mol. The molecule has 5 nitrogen and oxygen atoms in total. The van der Waals surface area contributed by atoms with Crippen LogP contribution < -0.4 is 0 Å². The summed E-state index contributed by atoms with van der Waals surface area (Å²) in [5.41, 5.74) is 2.25. The van der Waals surface area contributed by atoms with Crippen LogP contribution >= 0.6 is 10.7 Å². The van der Waals surface area contributed by atoms with E-state index in [1.54, 1.807) is 4.57 Å². The molecular formula is C13H14ClN3O2S. The van der Waals surface area contributed by atoms with Crippen molar-refractivity contribution >= 4 is 19.7 Å². The minimum Gasteiger partial charge on any atom is -0.297 e. The molecule has 1 saturated carbocycles. The Balaban J connectivity index is 1.98. The van der Waals surface area contributed by atoms with Crippen molar-refractivity contribution in [3.8, 4) is 0 Å². The molecule has 0 radical (unpaired) electrons. The van der Waals surface area contributed by atoms with Gasteiger partial charge in [-0.05, 0) is 25.3 Å². The zero-order valence-electron chi connectivity index (χ0n) is 11.0. The molecule has 0 N–H and O–H groups in total. The first-order valence-electron chi connectivity index (χ1n) is 6.39. The Hall–Kier alpha value is -1.40. The summed E-state index contributed by atoms with van der Waals surface area (Å²) in [6.07, 6.45) is 2.44. The standard InChI is InChI=1S/C13H14ClN3O2S/c1-9-2-4-10(5-3-9)8-12-15-16-13(20(14,18)19)17(12)11-6-7-11/h2-5,11H,6-8H2,1H3. The van der Waals surface area contributed by atoms with Crippen LogP contribution in [0.1, 0.15) is 35.8 Å². The number of benzene rings is 1. The van der Waals surface area contributed by atoms with Crippen molar-refractivity contribution in [3.63, 3.8) is 0 Å². The Morgan fingerprint density at radius 3 is 2.45 bits per heavy atom.